The van der Waals surface area contributed by atoms with E-state index >= 15 is 0 Å². The Morgan fingerprint density at radius 3 is 2.90 bits per heavy atom. The fourth-order valence-electron chi connectivity index (χ4n) is 2.98. The molecule has 104 valence electrons. The molecule has 0 radical (unpaired) electrons. The maximum atomic E-state index is 12.6. The summed E-state index contributed by atoms with van der Waals surface area (Å²) in [5.41, 5.74) is 9.34. The van der Waals surface area contributed by atoms with Crippen LogP contribution in [0.3, 0.4) is 0 Å². The van der Waals surface area contributed by atoms with Gasteiger partial charge in [0, 0.05) is 18.4 Å². The smallest absolute Gasteiger partial charge is 0.270 e. The molecule has 4 heteroatoms. The number of hydrogen-bond acceptors (Lipinski definition) is 2. The van der Waals surface area contributed by atoms with Gasteiger partial charge in [0.15, 0.2) is 0 Å². The summed E-state index contributed by atoms with van der Waals surface area (Å²) >= 11 is 0. The zero-order valence-electron chi connectivity index (χ0n) is 11.6. The maximum absolute atomic E-state index is 12.6. The van der Waals surface area contributed by atoms with Crippen LogP contribution >= 0.6 is 0 Å². The molecule has 0 aliphatic carbocycles. The number of anilines is 1. The van der Waals surface area contributed by atoms with Gasteiger partial charge in [-0.2, -0.15) is 0 Å². The number of aromatic nitrogens is 1. The predicted octanol–water partition coefficient (Wildman–Crippen LogP) is 2.88. The number of likely N-dealkylation sites (tertiary alicyclic amines) is 1. The Morgan fingerprint density at radius 1 is 1.40 bits per heavy atom. The summed E-state index contributed by atoms with van der Waals surface area (Å²) < 4.78 is 0. The van der Waals surface area contributed by atoms with Crippen molar-refractivity contribution in [1.82, 2.24) is 9.88 Å². The van der Waals surface area contributed by atoms with E-state index in [1.165, 1.54) is 11.1 Å². The molecule has 1 saturated heterocycles. The van der Waals surface area contributed by atoms with E-state index in [2.05, 4.69) is 24.0 Å². The Balaban J connectivity index is 1.90. The highest BCUT2D eigenvalue weighted by Gasteiger charge is 2.31. The first-order valence-electron chi connectivity index (χ1n) is 6.97. The van der Waals surface area contributed by atoms with E-state index in [-0.39, 0.29) is 11.9 Å². The summed E-state index contributed by atoms with van der Waals surface area (Å²) in [5.74, 6) is 0.0347. The zero-order valence-corrected chi connectivity index (χ0v) is 11.6. The van der Waals surface area contributed by atoms with Crippen LogP contribution in [0.15, 0.2) is 36.5 Å². The number of nitrogens with one attached hydrogen (secondary N) is 1. The standard InChI is InChI=1S/C16H19N3O/c1-11-5-2-3-6-13(11)15-7-4-8-19(15)16(20)14-9-12(17)10-18-14/h2-3,5-6,9-10,15,18H,4,7-8,17H2,1H3. The second-order valence-corrected chi connectivity index (χ2v) is 5.36. The number of nitrogens with zero attached hydrogens (tertiary/aromatic N) is 1. The lowest BCUT2D eigenvalue weighted by atomic mass is 9.99. The highest BCUT2D eigenvalue weighted by molar-refractivity contribution is 5.94. The Labute approximate surface area is 118 Å². The fourth-order valence-corrected chi connectivity index (χ4v) is 2.98. The SMILES string of the molecule is Cc1ccccc1C1CCCN1C(=O)c1cc(N)c[nH]1. The highest BCUT2D eigenvalue weighted by atomic mass is 16.2. The van der Waals surface area contributed by atoms with Crippen molar-refractivity contribution in [3.63, 3.8) is 0 Å². The molecule has 1 aliphatic rings. The molecule has 1 aromatic heterocycles. The largest absolute Gasteiger partial charge is 0.397 e. The Hall–Kier alpha value is -2.23. The van der Waals surface area contributed by atoms with Gasteiger partial charge in [0.2, 0.25) is 0 Å². The van der Waals surface area contributed by atoms with Crippen molar-refractivity contribution in [2.45, 2.75) is 25.8 Å². The van der Waals surface area contributed by atoms with Gasteiger partial charge in [0.25, 0.3) is 5.91 Å². The van der Waals surface area contributed by atoms with Crippen molar-refractivity contribution in [2.75, 3.05) is 12.3 Å². The van der Waals surface area contributed by atoms with Crippen LogP contribution in [0, 0.1) is 6.92 Å². The average molecular weight is 269 g/mol. The van der Waals surface area contributed by atoms with Crippen molar-refractivity contribution in [2.24, 2.45) is 0 Å². The van der Waals surface area contributed by atoms with E-state index in [1.54, 1.807) is 12.3 Å². The second-order valence-electron chi connectivity index (χ2n) is 5.36. The van der Waals surface area contributed by atoms with Crippen molar-refractivity contribution in [3.8, 4) is 0 Å². The minimum Gasteiger partial charge on any atom is -0.397 e. The molecule has 20 heavy (non-hydrogen) atoms. The lowest BCUT2D eigenvalue weighted by Crippen LogP contribution is -2.31. The van der Waals surface area contributed by atoms with Crippen molar-refractivity contribution in [3.05, 3.63) is 53.3 Å². The van der Waals surface area contributed by atoms with Crippen LogP contribution in [0.2, 0.25) is 0 Å². The molecular weight excluding hydrogens is 250 g/mol. The topological polar surface area (TPSA) is 62.1 Å². The quantitative estimate of drug-likeness (QED) is 0.880. The summed E-state index contributed by atoms with van der Waals surface area (Å²) in [4.78, 5) is 17.5. The zero-order chi connectivity index (χ0) is 14.1. The molecule has 1 aliphatic heterocycles. The molecule has 2 heterocycles. The van der Waals surface area contributed by atoms with Gasteiger partial charge in [-0.15, -0.1) is 0 Å². The minimum absolute atomic E-state index is 0.0347. The van der Waals surface area contributed by atoms with Gasteiger partial charge >= 0.3 is 0 Å². The van der Waals surface area contributed by atoms with Crippen LogP contribution in [0.1, 0.15) is 40.5 Å². The molecule has 1 atom stereocenters. The van der Waals surface area contributed by atoms with Gasteiger partial charge in [0.1, 0.15) is 5.69 Å². The predicted molar refractivity (Wildman–Crippen MR) is 79.4 cm³/mol. The number of carbonyl (C=O) groups is 1. The first-order chi connectivity index (χ1) is 9.66. The monoisotopic (exact) mass is 269 g/mol. The number of carbonyl (C=O) groups excluding carboxylic acids is 1. The molecule has 1 aromatic carbocycles. The number of nitrogens with two attached hydrogens (primary N) is 1. The van der Waals surface area contributed by atoms with Gasteiger partial charge in [-0.25, -0.2) is 0 Å². The fraction of sp³-hybridized carbons (Fsp3) is 0.312. The van der Waals surface area contributed by atoms with E-state index in [1.807, 2.05) is 17.0 Å². The third-order valence-electron chi connectivity index (χ3n) is 4.00. The third kappa shape index (κ3) is 2.18. The lowest BCUT2D eigenvalue weighted by molar-refractivity contribution is 0.0730. The number of hydrogen-bond donors (Lipinski definition) is 2. The van der Waals surface area contributed by atoms with Crippen LogP contribution in [0.25, 0.3) is 0 Å². The van der Waals surface area contributed by atoms with Crippen LogP contribution in [-0.2, 0) is 0 Å². The highest BCUT2D eigenvalue weighted by Crippen LogP contribution is 2.34. The van der Waals surface area contributed by atoms with Crippen LogP contribution in [0.4, 0.5) is 5.69 Å². The summed E-state index contributed by atoms with van der Waals surface area (Å²) in [6.07, 6.45) is 3.72. The number of H-pyrrole nitrogens is 1. The first kappa shape index (κ1) is 12.8. The summed E-state index contributed by atoms with van der Waals surface area (Å²) in [6.45, 7) is 2.90. The third-order valence-corrected chi connectivity index (χ3v) is 4.00. The van der Waals surface area contributed by atoms with Gasteiger partial charge in [-0.05, 0) is 37.0 Å². The Kier molecular flexibility index (Phi) is 3.22. The van der Waals surface area contributed by atoms with Gasteiger partial charge < -0.3 is 15.6 Å². The number of rotatable bonds is 2. The molecule has 3 N–H and O–H groups in total. The molecule has 0 saturated carbocycles. The molecule has 4 nitrogen and oxygen atoms in total. The number of aryl methyl sites for hydroxylation is 1. The van der Waals surface area contributed by atoms with E-state index in [0.29, 0.717) is 11.4 Å². The Bertz CT molecular complexity index is 632. The van der Waals surface area contributed by atoms with Crippen molar-refractivity contribution < 1.29 is 4.79 Å². The molecule has 0 bridgehead atoms. The number of benzene rings is 1. The summed E-state index contributed by atoms with van der Waals surface area (Å²) in [7, 11) is 0. The molecule has 0 spiro atoms. The Morgan fingerprint density at radius 2 is 2.20 bits per heavy atom. The molecule has 1 amide bonds. The number of amides is 1. The molecular formula is C16H19N3O. The van der Waals surface area contributed by atoms with Gasteiger partial charge in [0.05, 0.1) is 6.04 Å². The van der Waals surface area contributed by atoms with E-state index in [4.69, 9.17) is 5.73 Å². The molecule has 3 rings (SSSR count). The molecule has 1 fully saturated rings. The summed E-state index contributed by atoms with van der Waals surface area (Å²) in [6, 6.07) is 10.2. The first-order valence-corrected chi connectivity index (χ1v) is 6.97. The van der Waals surface area contributed by atoms with Crippen molar-refractivity contribution >= 4 is 11.6 Å². The lowest BCUT2D eigenvalue weighted by Gasteiger charge is -2.25. The second kappa shape index (κ2) is 5.04. The molecule has 2 aromatic rings. The van der Waals surface area contributed by atoms with Gasteiger partial charge in [-0.3, -0.25) is 4.79 Å². The maximum Gasteiger partial charge on any atom is 0.270 e. The average Bonchev–Trinajstić information content (AvgIpc) is 3.07. The minimum atomic E-state index is 0.0347. The van der Waals surface area contributed by atoms with Crippen LogP contribution in [0.5, 0.6) is 0 Å². The van der Waals surface area contributed by atoms with E-state index in [9.17, 15) is 4.79 Å². The number of aromatic amines is 1. The van der Waals surface area contributed by atoms with E-state index < -0.39 is 0 Å². The van der Waals surface area contributed by atoms with Crippen molar-refractivity contribution in [1.29, 1.82) is 0 Å². The number of nitrogen functional groups attached to an aromatic ring is 1. The van der Waals surface area contributed by atoms with Gasteiger partial charge in [-0.1, -0.05) is 24.3 Å². The normalized spacial score (nSPS) is 18.4. The van der Waals surface area contributed by atoms with E-state index in [0.717, 1.165) is 19.4 Å². The summed E-state index contributed by atoms with van der Waals surface area (Å²) in [5, 5.41) is 0. The molecule has 1 unspecified atom stereocenters. The van der Waals surface area contributed by atoms with Crippen LogP contribution in [-0.4, -0.2) is 22.3 Å². The van der Waals surface area contributed by atoms with Crippen LogP contribution < -0.4 is 5.73 Å².